The van der Waals surface area contributed by atoms with Gasteiger partial charge < -0.3 is 11.1 Å². The lowest BCUT2D eigenvalue weighted by molar-refractivity contribution is -0.122. The standard InChI is InChI=1S/C21H26N2O.ClH/c22-18-11-13-19(14-12-18)23-21(24)15-20(16-7-3-1-4-8-16)17-9-5-2-6-10-17;/h1-10,18-20H,11-15,22H2,(H,23,24);1H. The van der Waals surface area contributed by atoms with Gasteiger partial charge in [0.2, 0.25) is 5.91 Å². The Morgan fingerprint density at radius 2 is 1.40 bits per heavy atom. The first-order valence-electron chi connectivity index (χ1n) is 8.87. The molecule has 1 saturated carbocycles. The first-order valence-corrected chi connectivity index (χ1v) is 8.87. The van der Waals surface area contributed by atoms with Gasteiger partial charge in [-0.3, -0.25) is 4.79 Å². The lowest BCUT2D eigenvalue weighted by atomic mass is 9.87. The van der Waals surface area contributed by atoms with Crippen LogP contribution in [0.1, 0.15) is 49.1 Å². The average Bonchev–Trinajstić information content (AvgIpc) is 2.63. The van der Waals surface area contributed by atoms with Crippen molar-refractivity contribution in [3.63, 3.8) is 0 Å². The van der Waals surface area contributed by atoms with Gasteiger partial charge in [-0.1, -0.05) is 60.7 Å². The van der Waals surface area contributed by atoms with E-state index in [4.69, 9.17) is 5.73 Å². The van der Waals surface area contributed by atoms with E-state index in [1.807, 2.05) is 36.4 Å². The molecule has 0 atom stereocenters. The maximum Gasteiger partial charge on any atom is 0.221 e. The van der Waals surface area contributed by atoms with Gasteiger partial charge in [-0.2, -0.15) is 0 Å². The highest BCUT2D eigenvalue weighted by atomic mass is 35.5. The van der Waals surface area contributed by atoms with Crippen molar-refractivity contribution in [1.29, 1.82) is 0 Å². The molecule has 4 heteroatoms. The van der Waals surface area contributed by atoms with E-state index in [-0.39, 0.29) is 30.3 Å². The van der Waals surface area contributed by atoms with E-state index in [1.54, 1.807) is 0 Å². The van der Waals surface area contributed by atoms with E-state index in [9.17, 15) is 4.79 Å². The quantitative estimate of drug-likeness (QED) is 0.848. The van der Waals surface area contributed by atoms with Crippen LogP contribution < -0.4 is 11.1 Å². The number of rotatable bonds is 5. The molecule has 0 unspecified atom stereocenters. The Morgan fingerprint density at radius 1 is 0.920 bits per heavy atom. The van der Waals surface area contributed by atoms with Gasteiger partial charge in [0, 0.05) is 24.4 Å². The molecule has 1 aliphatic rings. The van der Waals surface area contributed by atoms with Gasteiger partial charge in [0.15, 0.2) is 0 Å². The molecule has 2 aromatic rings. The smallest absolute Gasteiger partial charge is 0.221 e. The van der Waals surface area contributed by atoms with Crippen LogP contribution in [-0.4, -0.2) is 18.0 Å². The van der Waals surface area contributed by atoms with E-state index >= 15 is 0 Å². The van der Waals surface area contributed by atoms with E-state index in [0.717, 1.165) is 25.7 Å². The number of carbonyl (C=O) groups is 1. The minimum Gasteiger partial charge on any atom is -0.353 e. The number of hydrogen-bond donors (Lipinski definition) is 2. The molecule has 1 amide bonds. The highest BCUT2D eigenvalue weighted by Crippen LogP contribution is 2.28. The molecule has 0 saturated heterocycles. The van der Waals surface area contributed by atoms with Crippen molar-refractivity contribution in [3.8, 4) is 0 Å². The molecule has 0 bridgehead atoms. The SMILES string of the molecule is Cl.NC1CCC(NC(=O)CC(c2ccccc2)c2ccccc2)CC1. The fourth-order valence-electron chi connectivity index (χ4n) is 3.53. The zero-order valence-corrected chi connectivity index (χ0v) is 15.3. The van der Waals surface area contributed by atoms with Crippen molar-refractivity contribution in [2.45, 2.75) is 50.1 Å². The van der Waals surface area contributed by atoms with Crippen molar-refractivity contribution >= 4 is 18.3 Å². The van der Waals surface area contributed by atoms with Gasteiger partial charge in [-0.05, 0) is 36.8 Å². The molecule has 1 aliphatic carbocycles. The molecule has 0 heterocycles. The topological polar surface area (TPSA) is 55.1 Å². The van der Waals surface area contributed by atoms with Crippen molar-refractivity contribution in [1.82, 2.24) is 5.32 Å². The van der Waals surface area contributed by atoms with Crippen LogP contribution in [0, 0.1) is 0 Å². The highest BCUT2D eigenvalue weighted by molar-refractivity contribution is 5.85. The maximum absolute atomic E-state index is 12.6. The molecule has 25 heavy (non-hydrogen) atoms. The fraction of sp³-hybridized carbons (Fsp3) is 0.381. The van der Waals surface area contributed by atoms with Crippen molar-refractivity contribution < 1.29 is 4.79 Å². The molecule has 0 aromatic heterocycles. The van der Waals surface area contributed by atoms with Crippen molar-refractivity contribution in [2.75, 3.05) is 0 Å². The van der Waals surface area contributed by atoms with Crippen LogP contribution in [0.3, 0.4) is 0 Å². The molecule has 0 radical (unpaired) electrons. The summed E-state index contributed by atoms with van der Waals surface area (Å²) in [5.41, 5.74) is 8.32. The van der Waals surface area contributed by atoms with Gasteiger partial charge >= 0.3 is 0 Å². The number of nitrogens with one attached hydrogen (secondary N) is 1. The third-order valence-electron chi connectivity index (χ3n) is 4.93. The van der Waals surface area contributed by atoms with E-state index < -0.39 is 0 Å². The molecule has 3 rings (SSSR count). The number of hydrogen-bond acceptors (Lipinski definition) is 2. The van der Waals surface area contributed by atoms with Crippen LogP contribution in [0.5, 0.6) is 0 Å². The summed E-state index contributed by atoms with van der Waals surface area (Å²) < 4.78 is 0. The van der Waals surface area contributed by atoms with Gasteiger partial charge in [-0.15, -0.1) is 12.4 Å². The number of halogens is 1. The first kappa shape index (κ1) is 19.5. The van der Waals surface area contributed by atoms with E-state index in [2.05, 4.69) is 29.6 Å². The van der Waals surface area contributed by atoms with E-state index in [0.29, 0.717) is 12.5 Å². The second-order valence-electron chi connectivity index (χ2n) is 6.76. The van der Waals surface area contributed by atoms with Gasteiger partial charge in [-0.25, -0.2) is 0 Å². The summed E-state index contributed by atoms with van der Waals surface area (Å²) in [6, 6.07) is 21.1. The average molecular weight is 359 g/mol. The van der Waals surface area contributed by atoms with Crippen LogP contribution in [0.25, 0.3) is 0 Å². The van der Waals surface area contributed by atoms with Crippen LogP contribution in [0.2, 0.25) is 0 Å². The molecule has 0 spiro atoms. The number of benzene rings is 2. The summed E-state index contributed by atoms with van der Waals surface area (Å²) in [6.07, 6.45) is 4.48. The van der Waals surface area contributed by atoms with Crippen molar-refractivity contribution in [3.05, 3.63) is 71.8 Å². The molecule has 3 N–H and O–H groups in total. The van der Waals surface area contributed by atoms with Gasteiger partial charge in [0.25, 0.3) is 0 Å². The Kier molecular flexibility index (Phi) is 7.48. The molecule has 3 nitrogen and oxygen atoms in total. The molecule has 2 aromatic carbocycles. The zero-order valence-electron chi connectivity index (χ0n) is 14.4. The number of nitrogens with two attached hydrogens (primary N) is 1. The number of carbonyl (C=O) groups excluding carboxylic acids is 1. The Balaban J connectivity index is 0.00000225. The second-order valence-corrected chi connectivity index (χ2v) is 6.76. The molecular weight excluding hydrogens is 332 g/mol. The predicted octanol–water partition coefficient (Wildman–Crippen LogP) is 4.02. The van der Waals surface area contributed by atoms with E-state index in [1.165, 1.54) is 11.1 Å². The number of amides is 1. The summed E-state index contributed by atoms with van der Waals surface area (Å²) >= 11 is 0. The van der Waals surface area contributed by atoms with Crippen LogP contribution in [0.4, 0.5) is 0 Å². The summed E-state index contributed by atoms with van der Waals surface area (Å²) in [4.78, 5) is 12.6. The second kappa shape index (κ2) is 9.59. The molecule has 134 valence electrons. The Labute approximate surface area is 156 Å². The maximum atomic E-state index is 12.6. The largest absolute Gasteiger partial charge is 0.353 e. The fourth-order valence-corrected chi connectivity index (χ4v) is 3.53. The minimum atomic E-state index is 0. The third kappa shape index (κ3) is 5.58. The van der Waals surface area contributed by atoms with Crippen molar-refractivity contribution in [2.24, 2.45) is 5.73 Å². The van der Waals surface area contributed by atoms with Gasteiger partial charge in [0.05, 0.1) is 0 Å². The zero-order chi connectivity index (χ0) is 16.8. The summed E-state index contributed by atoms with van der Waals surface area (Å²) in [6.45, 7) is 0. The van der Waals surface area contributed by atoms with Crippen LogP contribution in [-0.2, 0) is 4.79 Å². The first-order chi connectivity index (χ1) is 11.7. The summed E-state index contributed by atoms with van der Waals surface area (Å²) in [7, 11) is 0. The summed E-state index contributed by atoms with van der Waals surface area (Å²) in [5, 5.41) is 3.21. The lowest BCUT2D eigenvalue weighted by Gasteiger charge is -2.27. The molecular formula is C21H27ClN2O. The normalized spacial score (nSPS) is 19.9. The predicted molar refractivity (Wildman–Crippen MR) is 105 cm³/mol. The molecule has 0 aliphatic heterocycles. The minimum absolute atomic E-state index is 0. The summed E-state index contributed by atoms with van der Waals surface area (Å²) in [5.74, 6) is 0.228. The highest BCUT2D eigenvalue weighted by Gasteiger charge is 2.23. The van der Waals surface area contributed by atoms with Crippen LogP contribution >= 0.6 is 12.4 Å². The lowest BCUT2D eigenvalue weighted by Crippen LogP contribution is -2.40. The Hall–Kier alpha value is -1.84. The Morgan fingerprint density at radius 3 is 1.88 bits per heavy atom. The van der Waals surface area contributed by atoms with Crippen LogP contribution in [0.15, 0.2) is 60.7 Å². The monoisotopic (exact) mass is 358 g/mol. The molecule has 1 fully saturated rings. The van der Waals surface area contributed by atoms with Gasteiger partial charge in [0.1, 0.15) is 0 Å². The Bertz CT molecular complexity index is 600. The third-order valence-corrected chi connectivity index (χ3v) is 4.93.